The van der Waals surface area contributed by atoms with E-state index >= 15 is 0 Å². The van der Waals surface area contributed by atoms with Gasteiger partial charge in [-0.1, -0.05) is 13.8 Å². The van der Waals surface area contributed by atoms with Gasteiger partial charge < -0.3 is 10.3 Å². The summed E-state index contributed by atoms with van der Waals surface area (Å²) in [7, 11) is 0. The molecule has 12 heavy (non-hydrogen) atoms. The van der Waals surface area contributed by atoms with Crippen LogP contribution in [0.25, 0.3) is 0 Å². The van der Waals surface area contributed by atoms with Crippen molar-refractivity contribution in [2.75, 3.05) is 11.9 Å². The van der Waals surface area contributed by atoms with Crippen LogP contribution in [0.3, 0.4) is 0 Å². The molecule has 0 aliphatic carbocycles. The van der Waals surface area contributed by atoms with Gasteiger partial charge in [0.1, 0.15) is 11.6 Å². The Balaban J connectivity index is 2.32. The maximum Gasteiger partial charge on any atom is 0.147 e. The minimum absolute atomic E-state index is 0.498. The summed E-state index contributed by atoms with van der Waals surface area (Å²) in [6, 6.07) is 0. The maximum absolute atomic E-state index is 4.48. The average Bonchev–Trinajstić information content (AvgIpc) is 2.46. The number of hydrogen-bond donors (Lipinski definition) is 2. The molecule has 0 unspecified atom stereocenters. The molecule has 2 N–H and O–H groups in total. The van der Waals surface area contributed by atoms with Gasteiger partial charge in [-0.15, -0.1) is 0 Å². The third kappa shape index (κ3) is 1.19. The molecular weight excluding hydrogens is 150 g/mol. The molecule has 1 aromatic rings. The second kappa shape index (κ2) is 2.81. The normalized spacial score (nSPS) is 15.9. The first-order chi connectivity index (χ1) is 5.77. The molecule has 1 aliphatic rings. The molecule has 66 valence electrons. The van der Waals surface area contributed by atoms with E-state index in [4.69, 9.17) is 0 Å². The number of aromatic amines is 1. The van der Waals surface area contributed by atoms with Crippen molar-refractivity contribution in [3.63, 3.8) is 0 Å². The number of hydrogen-bond acceptors (Lipinski definition) is 2. The van der Waals surface area contributed by atoms with Crippen molar-refractivity contribution in [3.8, 4) is 0 Å². The van der Waals surface area contributed by atoms with E-state index in [0.717, 1.165) is 24.6 Å². The van der Waals surface area contributed by atoms with Gasteiger partial charge >= 0.3 is 0 Å². The highest BCUT2D eigenvalue weighted by Crippen LogP contribution is 2.21. The molecule has 0 amide bonds. The number of aromatic nitrogens is 2. The number of fused-ring (bicyclic) bond motifs is 1. The Morgan fingerprint density at radius 1 is 1.42 bits per heavy atom. The van der Waals surface area contributed by atoms with E-state index in [9.17, 15) is 0 Å². The van der Waals surface area contributed by atoms with Crippen LogP contribution < -0.4 is 5.32 Å². The number of imidazole rings is 1. The average molecular weight is 165 g/mol. The molecule has 1 aromatic heterocycles. The van der Waals surface area contributed by atoms with Crippen molar-refractivity contribution in [1.29, 1.82) is 0 Å². The monoisotopic (exact) mass is 165 g/mol. The van der Waals surface area contributed by atoms with Crippen LogP contribution in [0.15, 0.2) is 0 Å². The van der Waals surface area contributed by atoms with Gasteiger partial charge in [-0.3, -0.25) is 0 Å². The summed E-state index contributed by atoms with van der Waals surface area (Å²) in [5.41, 5.74) is 1.28. The van der Waals surface area contributed by atoms with E-state index in [0.29, 0.717) is 5.92 Å². The third-order valence-electron chi connectivity index (χ3n) is 2.24. The van der Waals surface area contributed by atoms with Crippen molar-refractivity contribution < 1.29 is 0 Å². The summed E-state index contributed by atoms with van der Waals surface area (Å²) in [6.07, 6.45) is 2.36. The predicted octanol–water partition coefficient (Wildman–Crippen LogP) is 1.89. The lowest BCUT2D eigenvalue weighted by Gasteiger charge is -2.10. The molecule has 0 fully saturated rings. The standard InChI is InChI=1S/C9H15N3/c1-6(2)8-11-7-4-3-5-10-9(7)12-8/h6,10H,3-5H2,1-2H3,(H,11,12). The molecule has 0 radical (unpaired) electrons. The molecule has 3 nitrogen and oxygen atoms in total. The van der Waals surface area contributed by atoms with Crippen LogP contribution >= 0.6 is 0 Å². The molecule has 0 aromatic carbocycles. The van der Waals surface area contributed by atoms with Crippen LogP contribution in [-0.2, 0) is 6.42 Å². The Hall–Kier alpha value is -0.990. The molecule has 2 heterocycles. The van der Waals surface area contributed by atoms with Crippen molar-refractivity contribution >= 4 is 5.82 Å². The summed E-state index contributed by atoms with van der Waals surface area (Å²) in [6.45, 7) is 5.38. The van der Waals surface area contributed by atoms with E-state index in [1.807, 2.05) is 0 Å². The number of nitrogens with zero attached hydrogens (tertiary/aromatic N) is 1. The minimum atomic E-state index is 0.498. The SMILES string of the molecule is CC(C)c1nc2c([nH]1)CCCN2. The van der Waals surface area contributed by atoms with Gasteiger partial charge in [0, 0.05) is 12.5 Å². The van der Waals surface area contributed by atoms with E-state index in [-0.39, 0.29) is 0 Å². The molecule has 0 bridgehead atoms. The molecule has 2 rings (SSSR count). The third-order valence-corrected chi connectivity index (χ3v) is 2.24. The Labute approximate surface area is 72.6 Å². The quantitative estimate of drug-likeness (QED) is 0.667. The van der Waals surface area contributed by atoms with Gasteiger partial charge in [0.05, 0.1) is 5.69 Å². The number of aryl methyl sites for hydroxylation is 1. The summed E-state index contributed by atoms with van der Waals surface area (Å²) >= 11 is 0. The summed E-state index contributed by atoms with van der Waals surface area (Å²) < 4.78 is 0. The molecule has 1 aliphatic heterocycles. The molecular formula is C9H15N3. The summed E-state index contributed by atoms with van der Waals surface area (Å²) in [5.74, 6) is 2.68. The van der Waals surface area contributed by atoms with Crippen LogP contribution in [0.2, 0.25) is 0 Å². The largest absolute Gasteiger partial charge is 0.369 e. The minimum Gasteiger partial charge on any atom is -0.369 e. The second-order valence-electron chi connectivity index (χ2n) is 3.63. The highest BCUT2D eigenvalue weighted by molar-refractivity contribution is 5.43. The zero-order chi connectivity index (χ0) is 8.55. The maximum atomic E-state index is 4.48. The van der Waals surface area contributed by atoms with Crippen LogP contribution in [0, 0.1) is 0 Å². The molecule has 0 saturated heterocycles. The molecule has 3 heteroatoms. The van der Waals surface area contributed by atoms with Crippen molar-refractivity contribution in [3.05, 3.63) is 11.5 Å². The molecule has 0 saturated carbocycles. The number of anilines is 1. The zero-order valence-corrected chi connectivity index (χ0v) is 7.65. The van der Waals surface area contributed by atoms with Crippen molar-refractivity contribution in [2.24, 2.45) is 0 Å². The smallest absolute Gasteiger partial charge is 0.147 e. The van der Waals surface area contributed by atoms with Gasteiger partial charge in [-0.05, 0) is 12.8 Å². The summed E-state index contributed by atoms with van der Waals surface area (Å²) in [5, 5.41) is 3.30. The second-order valence-corrected chi connectivity index (χ2v) is 3.63. The zero-order valence-electron chi connectivity index (χ0n) is 7.65. The predicted molar refractivity (Wildman–Crippen MR) is 49.5 cm³/mol. The fraction of sp³-hybridized carbons (Fsp3) is 0.667. The highest BCUT2D eigenvalue weighted by atomic mass is 15.1. The Bertz CT molecular complexity index is 252. The van der Waals surface area contributed by atoms with E-state index in [1.165, 1.54) is 12.1 Å². The lowest BCUT2D eigenvalue weighted by Crippen LogP contribution is -2.10. The Morgan fingerprint density at radius 2 is 2.25 bits per heavy atom. The number of H-pyrrole nitrogens is 1. The van der Waals surface area contributed by atoms with Gasteiger partial charge in [-0.2, -0.15) is 0 Å². The summed E-state index contributed by atoms with van der Waals surface area (Å²) in [4.78, 5) is 7.84. The van der Waals surface area contributed by atoms with Gasteiger partial charge in [0.25, 0.3) is 0 Å². The first-order valence-electron chi connectivity index (χ1n) is 4.60. The van der Waals surface area contributed by atoms with E-state index in [1.54, 1.807) is 0 Å². The fourth-order valence-corrected chi connectivity index (χ4v) is 1.50. The molecule has 0 atom stereocenters. The lowest BCUT2D eigenvalue weighted by molar-refractivity contribution is 0.779. The highest BCUT2D eigenvalue weighted by Gasteiger charge is 2.14. The van der Waals surface area contributed by atoms with E-state index < -0.39 is 0 Å². The Kier molecular flexibility index (Phi) is 1.79. The molecule has 0 spiro atoms. The van der Waals surface area contributed by atoms with Crippen LogP contribution in [0.5, 0.6) is 0 Å². The fourth-order valence-electron chi connectivity index (χ4n) is 1.50. The van der Waals surface area contributed by atoms with Crippen molar-refractivity contribution in [1.82, 2.24) is 9.97 Å². The van der Waals surface area contributed by atoms with Gasteiger partial charge in [0.15, 0.2) is 0 Å². The van der Waals surface area contributed by atoms with Crippen LogP contribution in [-0.4, -0.2) is 16.5 Å². The van der Waals surface area contributed by atoms with Crippen LogP contribution in [0.1, 0.15) is 37.7 Å². The van der Waals surface area contributed by atoms with Gasteiger partial charge in [0.2, 0.25) is 0 Å². The van der Waals surface area contributed by atoms with Crippen molar-refractivity contribution in [2.45, 2.75) is 32.6 Å². The van der Waals surface area contributed by atoms with Gasteiger partial charge in [-0.25, -0.2) is 4.98 Å². The lowest BCUT2D eigenvalue weighted by atomic mass is 10.2. The topological polar surface area (TPSA) is 40.7 Å². The number of rotatable bonds is 1. The first kappa shape index (κ1) is 7.65. The van der Waals surface area contributed by atoms with Crippen LogP contribution in [0.4, 0.5) is 5.82 Å². The first-order valence-corrected chi connectivity index (χ1v) is 4.60. The Morgan fingerprint density at radius 3 is 2.92 bits per heavy atom. The van der Waals surface area contributed by atoms with E-state index in [2.05, 4.69) is 29.1 Å². The number of nitrogens with one attached hydrogen (secondary N) is 2.